The number of para-hydroxylation sites is 1. The van der Waals surface area contributed by atoms with Crippen LogP contribution in [0.2, 0.25) is 0 Å². The van der Waals surface area contributed by atoms with Crippen molar-refractivity contribution < 1.29 is 9.53 Å². The Kier molecular flexibility index (Phi) is 4.40. The Hall–Kier alpha value is -1.93. The summed E-state index contributed by atoms with van der Waals surface area (Å²) < 4.78 is 6.25. The molecule has 1 spiro atoms. The lowest BCUT2D eigenvalue weighted by Crippen LogP contribution is -2.61. The van der Waals surface area contributed by atoms with Gasteiger partial charge in [0.2, 0.25) is 0 Å². The molecule has 0 bridgehead atoms. The van der Waals surface area contributed by atoms with Crippen molar-refractivity contribution in [2.75, 3.05) is 26.2 Å². The predicted molar refractivity (Wildman–Crippen MR) is 105 cm³/mol. The minimum Gasteiger partial charge on any atom is -0.467 e. The quantitative estimate of drug-likeness (QED) is 0.757. The third kappa shape index (κ3) is 3.25. The number of ether oxygens (including phenoxy) is 1. The van der Waals surface area contributed by atoms with Crippen LogP contribution in [0.3, 0.4) is 0 Å². The van der Waals surface area contributed by atoms with Crippen LogP contribution in [0.5, 0.6) is 5.75 Å². The Bertz CT molecular complexity index is 817. The summed E-state index contributed by atoms with van der Waals surface area (Å²) in [6.07, 6.45) is 1.62. The summed E-state index contributed by atoms with van der Waals surface area (Å²) in [5.74, 6) is 1.23. The van der Waals surface area contributed by atoms with Crippen molar-refractivity contribution in [1.29, 1.82) is 0 Å². The summed E-state index contributed by atoms with van der Waals surface area (Å²) >= 11 is 1.81. The van der Waals surface area contributed by atoms with E-state index in [4.69, 9.17) is 4.74 Å². The van der Waals surface area contributed by atoms with E-state index < -0.39 is 5.72 Å². The van der Waals surface area contributed by atoms with Crippen LogP contribution in [0.4, 0.5) is 0 Å². The Balaban J connectivity index is 1.23. The largest absolute Gasteiger partial charge is 0.467 e. The fourth-order valence-electron chi connectivity index (χ4n) is 4.39. The van der Waals surface area contributed by atoms with Gasteiger partial charge in [-0.1, -0.05) is 18.2 Å². The number of hydrogen-bond acceptors (Lipinski definition) is 6. The molecule has 0 radical (unpaired) electrons. The highest BCUT2D eigenvalue weighted by atomic mass is 32.1. The molecule has 3 aliphatic heterocycles. The standard InChI is InChI=1S/C20H24N4O2S/c25-19-15-4-1-2-5-16(15)26-20(22-19)7-9-24(10-8-20)13-14-12-21-23-18(14)17-6-3-11-27-17/h1-6,11,14,18,21,23H,7-10,12-13H2,(H,22,25). The minimum absolute atomic E-state index is 0.0211. The summed E-state index contributed by atoms with van der Waals surface area (Å²) in [5.41, 5.74) is 6.82. The first kappa shape index (κ1) is 17.2. The van der Waals surface area contributed by atoms with Crippen LogP contribution in [-0.2, 0) is 0 Å². The summed E-state index contributed by atoms with van der Waals surface area (Å²) in [5, 5.41) is 5.26. The van der Waals surface area contributed by atoms with E-state index in [0.717, 1.165) is 39.0 Å². The number of hydrogen-bond donors (Lipinski definition) is 3. The van der Waals surface area contributed by atoms with Crippen molar-refractivity contribution in [1.82, 2.24) is 21.1 Å². The number of likely N-dealkylation sites (tertiary alicyclic amines) is 1. The van der Waals surface area contributed by atoms with Crippen LogP contribution in [-0.4, -0.2) is 42.7 Å². The number of nitrogens with zero attached hydrogens (tertiary/aromatic N) is 1. The van der Waals surface area contributed by atoms with Gasteiger partial charge in [-0.2, -0.15) is 0 Å². The zero-order valence-corrected chi connectivity index (χ0v) is 15.9. The van der Waals surface area contributed by atoms with Crippen molar-refractivity contribution >= 4 is 17.2 Å². The SMILES string of the molecule is O=C1NC2(CCN(CC3CNNC3c3cccs3)CC2)Oc2ccccc21. The van der Waals surface area contributed by atoms with Crippen molar-refractivity contribution in [3.63, 3.8) is 0 Å². The Morgan fingerprint density at radius 3 is 2.85 bits per heavy atom. The number of fused-ring (bicyclic) bond motifs is 1. The Labute approximate surface area is 162 Å². The molecule has 2 atom stereocenters. The van der Waals surface area contributed by atoms with Gasteiger partial charge in [0.1, 0.15) is 5.75 Å². The maximum absolute atomic E-state index is 12.5. The summed E-state index contributed by atoms with van der Waals surface area (Å²) in [6, 6.07) is 12.2. The van der Waals surface area contributed by atoms with Crippen LogP contribution in [0, 0.1) is 5.92 Å². The second-order valence-electron chi connectivity index (χ2n) is 7.63. The van der Waals surface area contributed by atoms with Crippen molar-refractivity contribution in [3.8, 4) is 5.75 Å². The van der Waals surface area contributed by atoms with Gasteiger partial charge < -0.3 is 15.0 Å². The topological polar surface area (TPSA) is 65.6 Å². The number of rotatable bonds is 3. The van der Waals surface area contributed by atoms with E-state index in [1.807, 2.05) is 35.6 Å². The fraction of sp³-hybridized carbons (Fsp3) is 0.450. The molecule has 6 nitrogen and oxygen atoms in total. The van der Waals surface area contributed by atoms with E-state index in [1.165, 1.54) is 4.88 Å². The lowest BCUT2D eigenvalue weighted by molar-refractivity contribution is -0.0313. The molecular weight excluding hydrogens is 360 g/mol. The number of nitrogens with one attached hydrogen (secondary N) is 3. The molecule has 1 aromatic heterocycles. The normalized spacial score (nSPS) is 27.2. The van der Waals surface area contributed by atoms with E-state index in [0.29, 0.717) is 23.3 Å². The molecule has 2 unspecified atom stereocenters. The molecule has 5 rings (SSSR count). The van der Waals surface area contributed by atoms with Crippen LogP contribution < -0.4 is 20.9 Å². The first-order valence-electron chi connectivity index (χ1n) is 9.57. The number of amides is 1. The zero-order chi connectivity index (χ0) is 18.3. The second-order valence-corrected chi connectivity index (χ2v) is 8.60. The average molecular weight is 385 g/mol. The lowest BCUT2D eigenvalue weighted by Gasteiger charge is -2.45. The molecule has 27 heavy (non-hydrogen) atoms. The average Bonchev–Trinajstić information content (AvgIpc) is 3.35. The molecule has 7 heteroatoms. The number of carbonyl (C=O) groups is 1. The van der Waals surface area contributed by atoms with Crippen molar-refractivity contribution in [3.05, 3.63) is 52.2 Å². The van der Waals surface area contributed by atoms with Gasteiger partial charge in [0, 0.05) is 49.8 Å². The number of carbonyl (C=O) groups excluding carboxylic acids is 1. The highest BCUT2D eigenvalue weighted by molar-refractivity contribution is 7.10. The van der Waals surface area contributed by atoms with E-state index in [9.17, 15) is 4.79 Å². The minimum atomic E-state index is -0.554. The molecular formula is C20H24N4O2S. The maximum atomic E-state index is 12.5. The van der Waals surface area contributed by atoms with Crippen LogP contribution in [0.1, 0.15) is 34.1 Å². The van der Waals surface area contributed by atoms with E-state index >= 15 is 0 Å². The third-order valence-corrected chi connectivity index (χ3v) is 6.83. The fourth-order valence-corrected chi connectivity index (χ4v) is 5.26. The Morgan fingerprint density at radius 2 is 2.04 bits per heavy atom. The Morgan fingerprint density at radius 1 is 1.19 bits per heavy atom. The van der Waals surface area contributed by atoms with Crippen LogP contribution in [0.15, 0.2) is 41.8 Å². The van der Waals surface area contributed by atoms with Gasteiger partial charge in [0.25, 0.3) is 5.91 Å². The van der Waals surface area contributed by atoms with Crippen LogP contribution >= 0.6 is 11.3 Å². The predicted octanol–water partition coefficient (Wildman–Crippen LogP) is 2.13. The summed E-state index contributed by atoms with van der Waals surface area (Å²) in [4.78, 5) is 16.4. The van der Waals surface area contributed by atoms with E-state index in [1.54, 1.807) is 0 Å². The van der Waals surface area contributed by atoms with Gasteiger partial charge in [-0.3, -0.25) is 10.2 Å². The number of benzene rings is 1. The van der Waals surface area contributed by atoms with Gasteiger partial charge in [0.15, 0.2) is 5.72 Å². The molecule has 4 heterocycles. The van der Waals surface area contributed by atoms with E-state index in [2.05, 4.69) is 38.6 Å². The van der Waals surface area contributed by atoms with Crippen LogP contribution in [0.25, 0.3) is 0 Å². The summed E-state index contributed by atoms with van der Waals surface area (Å²) in [6.45, 7) is 3.88. The smallest absolute Gasteiger partial charge is 0.258 e. The molecule has 1 amide bonds. The van der Waals surface area contributed by atoms with Gasteiger partial charge in [0.05, 0.1) is 11.6 Å². The van der Waals surface area contributed by atoms with Gasteiger partial charge in [-0.05, 0) is 23.6 Å². The lowest BCUT2D eigenvalue weighted by atomic mass is 9.94. The molecule has 2 fully saturated rings. The van der Waals surface area contributed by atoms with Gasteiger partial charge >= 0.3 is 0 Å². The van der Waals surface area contributed by atoms with Gasteiger partial charge in [-0.25, -0.2) is 5.43 Å². The molecule has 142 valence electrons. The first-order valence-corrected chi connectivity index (χ1v) is 10.5. The van der Waals surface area contributed by atoms with E-state index in [-0.39, 0.29) is 5.91 Å². The zero-order valence-electron chi connectivity index (χ0n) is 15.1. The monoisotopic (exact) mass is 384 g/mol. The molecule has 3 N–H and O–H groups in total. The summed E-state index contributed by atoms with van der Waals surface area (Å²) in [7, 11) is 0. The molecule has 2 saturated heterocycles. The van der Waals surface area contributed by atoms with Gasteiger partial charge in [-0.15, -0.1) is 11.3 Å². The molecule has 2 aromatic rings. The number of thiophene rings is 1. The maximum Gasteiger partial charge on any atom is 0.258 e. The second kappa shape index (κ2) is 6.91. The highest BCUT2D eigenvalue weighted by Crippen LogP contribution is 2.34. The highest BCUT2D eigenvalue weighted by Gasteiger charge is 2.43. The number of hydrazine groups is 1. The van der Waals surface area contributed by atoms with Crippen molar-refractivity contribution in [2.24, 2.45) is 5.92 Å². The number of piperidine rings is 1. The first-order chi connectivity index (χ1) is 13.2. The third-order valence-electron chi connectivity index (χ3n) is 5.88. The molecule has 0 saturated carbocycles. The molecule has 1 aromatic carbocycles. The van der Waals surface area contributed by atoms with Crippen molar-refractivity contribution in [2.45, 2.75) is 24.6 Å². The molecule has 0 aliphatic carbocycles. The molecule has 3 aliphatic rings.